The van der Waals surface area contributed by atoms with Gasteiger partial charge in [-0.15, -0.1) is 0 Å². The molecule has 2 heterocycles. The first-order valence-corrected chi connectivity index (χ1v) is 12.3. The van der Waals surface area contributed by atoms with Gasteiger partial charge in [-0.25, -0.2) is 0 Å². The van der Waals surface area contributed by atoms with Gasteiger partial charge in [-0.3, -0.25) is 14.9 Å². The molecule has 1 saturated heterocycles. The van der Waals surface area contributed by atoms with Gasteiger partial charge in [0.05, 0.1) is 5.57 Å². The molecule has 2 aliphatic rings. The van der Waals surface area contributed by atoms with E-state index >= 15 is 0 Å². The highest BCUT2D eigenvalue weighted by atomic mass is 35.5. The van der Waals surface area contributed by atoms with Gasteiger partial charge in [-0.2, -0.15) is 0 Å². The van der Waals surface area contributed by atoms with E-state index in [1.54, 1.807) is 12.3 Å². The average Bonchev–Trinajstić information content (AvgIpc) is 2.89. The minimum Gasteiger partial charge on any atom is -0.369 e. The summed E-state index contributed by atoms with van der Waals surface area (Å²) in [6, 6.07) is 21.2. The van der Waals surface area contributed by atoms with Crippen molar-refractivity contribution in [3.05, 3.63) is 100 Å². The SMILES string of the molecule is CN1CCN(c2ccc(N/C=C3\C(=O)NC(=O)c4ccc(/C=C/c5ccc(Cl)cc5)cc43)cc2)CC1. The molecule has 182 valence electrons. The average molecular weight is 499 g/mol. The van der Waals surface area contributed by atoms with Crippen molar-refractivity contribution in [2.45, 2.75) is 0 Å². The van der Waals surface area contributed by atoms with E-state index in [2.05, 4.69) is 39.6 Å². The fraction of sp³-hybridized carbons (Fsp3) is 0.172. The number of hydrogen-bond acceptors (Lipinski definition) is 5. The van der Waals surface area contributed by atoms with Crippen LogP contribution in [0.1, 0.15) is 27.0 Å². The first kappa shape index (κ1) is 23.9. The number of anilines is 2. The molecule has 0 saturated carbocycles. The largest absolute Gasteiger partial charge is 0.369 e. The van der Waals surface area contributed by atoms with E-state index in [0.717, 1.165) is 43.0 Å². The first-order valence-electron chi connectivity index (χ1n) is 11.9. The molecule has 3 aromatic rings. The molecule has 0 unspecified atom stereocenters. The predicted molar refractivity (Wildman–Crippen MR) is 147 cm³/mol. The molecule has 0 atom stereocenters. The van der Waals surface area contributed by atoms with Crippen molar-refractivity contribution in [1.29, 1.82) is 0 Å². The maximum Gasteiger partial charge on any atom is 0.260 e. The van der Waals surface area contributed by atoms with E-state index in [1.165, 1.54) is 5.69 Å². The fourth-order valence-electron chi connectivity index (χ4n) is 4.34. The van der Waals surface area contributed by atoms with E-state index in [0.29, 0.717) is 21.7 Å². The standard InChI is InChI=1S/C29H27ClN4O2/c1-33-14-16-34(17-15-33)24-11-9-23(10-12-24)31-19-27-26-18-21(3-2-20-4-7-22(30)8-5-20)6-13-25(26)28(35)32-29(27)36/h2-13,18-19,31H,14-17H2,1H3,(H,32,35,36)/b3-2+,27-19-. The third-order valence-corrected chi connectivity index (χ3v) is 6.76. The number of nitrogens with zero attached hydrogens (tertiary/aromatic N) is 2. The summed E-state index contributed by atoms with van der Waals surface area (Å²) in [7, 11) is 2.14. The second-order valence-electron chi connectivity index (χ2n) is 9.01. The molecular formula is C29H27ClN4O2. The number of benzene rings is 3. The molecule has 5 rings (SSSR count). The first-order chi connectivity index (χ1) is 17.5. The lowest BCUT2D eigenvalue weighted by Crippen LogP contribution is -2.44. The molecule has 36 heavy (non-hydrogen) atoms. The second-order valence-corrected chi connectivity index (χ2v) is 9.45. The van der Waals surface area contributed by atoms with Crippen LogP contribution in [0, 0.1) is 0 Å². The fourth-order valence-corrected chi connectivity index (χ4v) is 4.47. The zero-order chi connectivity index (χ0) is 25.1. The number of amides is 2. The van der Waals surface area contributed by atoms with Gasteiger partial charge < -0.3 is 15.1 Å². The van der Waals surface area contributed by atoms with Crippen molar-refractivity contribution in [3.63, 3.8) is 0 Å². The third-order valence-electron chi connectivity index (χ3n) is 6.51. The molecule has 3 aromatic carbocycles. The summed E-state index contributed by atoms with van der Waals surface area (Å²) in [6.45, 7) is 4.12. The van der Waals surface area contributed by atoms with Crippen molar-refractivity contribution in [1.82, 2.24) is 10.2 Å². The third kappa shape index (κ3) is 5.35. The normalized spacial score (nSPS) is 17.4. The van der Waals surface area contributed by atoms with Gasteiger partial charge in [-0.1, -0.05) is 42.0 Å². The number of likely N-dealkylation sites (N-methyl/N-ethyl adjacent to an activating group) is 1. The monoisotopic (exact) mass is 498 g/mol. The number of fused-ring (bicyclic) bond motifs is 1. The summed E-state index contributed by atoms with van der Waals surface area (Å²) in [5.74, 6) is -0.815. The Morgan fingerprint density at radius 3 is 2.19 bits per heavy atom. The van der Waals surface area contributed by atoms with E-state index in [1.807, 2.05) is 60.7 Å². The minimum atomic E-state index is -0.423. The maximum atomic E-state index is 12.7. The van der Waals surface area contributed by atoms with Crippen molar-refractivity contribution in [3.8, 4) is 0 Å². The van der Waals surface area contributed by atoms with Crippen molar-refractivity contribution in [2.75, 3.05) is 43.4 Å². The topological polar surface area (TPSA) is 64.7 Å². The molecule has 7 heteroatoms. The molecule has 2 aliphatic heterocycles. The summed E-state index contributed by atoms with van der Waals surface area (Å²) < 4.78 is 0. The lowest BCUT2D eigenvalue weighted by Gasteiger charge is -2.34. The van der Waals surface area contributed by atoms with Crippen LogP contribution in [0.15, 0.2) is 72.9 Å². The summed E-state index contributed by atoms with van der Waals surface area (Å²) in [5, 5.41) is 6.34. The Balaban J connectivity index is 1.36. The number of halogens is 1. The van der Waals surface area contributed by atoms with E-state index in [4.69, 9.17) is 11.6 Å². The number of carbonyl (C=O) groups excluding carboxylic acids is 2. The number of hydrogen-bond donors (Lipinski definition) is 2. The predicted octanol–water partition coefficient (Wildman–Crippen LogP) is 4.99. The van der Waals surface area contributed by atoms with Crippen LogP contribution in [0.4, 0.5) is 11.4 Å². The van der Waals surface area contributed by atoms with Gasteiger partial charge in [0, 0.05) is 59.9 Å². The van der Waals surface area contributed by atoms with Crippen LogP contribution < -0.4 is 15.5 Å². The van der Waals surface area contributed by atoms with Crippen LogP contribution in [0.3, 0.4) is 0 Å². The summed E-state index contributed by atoms with van der Waals surface area (Å²) >= 11 is 5.96. The molecule has 0 bridgehead atoms. The molecule has 0 aliphatic carbocycles. The summed E-state index contributed by atoms with van der Waals surface area (Å²) in [4.78, 5) is 29.8. The Hall–Kier alpha value is -3.87. The molecule has 2 amide bonds. The zero-order valence-corrected chi connectivity index (χ0v) is 20.8. The zero-order valence-electron chi connectivity index (χ0n) is 20.0. The lowest BCUT2D eigenvalue weighted by atomic mass is 9.93. The molecule has 0 spiro atoms. The minimum absolute atomic E-state index is 0.392. The number of rotatable bonds is 5. The van der Waals surface area contributed by atoms with Crippen LogP contribution in [-0.4, -0.2) is 49.9 Å². The van der Waals surface area contributed by atoms with E-state index in [9.17, 15) is 9.59 Å². The van der Waals surface area contributed by atoms with Crippen LogP contribution >= 0.6 is 11.6 Å². The van der Waals surface area contributed by atoms with Crippen LogP contribution in [-0.2, 0) is 4.79 Å². The highest BCUT2D eigenvalue weighted by Gasteiger charge is 2.27. The van der Waals surface area contributed by atoms with Gasteiger partial charge in [0.1, 0.15) is 0 Å². The van der Waals surface area contributed by atoms with Gasteiger partial charge >= 0.3 is 0 Å². The molecular weight excluding hydrogens is 472 g/mol. The number of piperazine rings is 1. The highest BCUT2D eigenvalue weighted by Crippen LogP contribution is 2.27. The van der Waals surface area contributed by atoms with E-state index in [-0.39, 0.29) is 0 Å². The van der Waals surface area contributed by atoms with Crippen molar-refractivity contribution >= 4 is 52.5 Å². The molecule has 0 radical (unpaired) electrons. The van der Waals surface area contributed by atoms with Gasteiger partial charge in [0.15, 0.2) is 0 Å². The number of nitrogens with one attached hydrogen (secondary N) is 2. The number of imide groups is 1. The Bertz CT molecular complexity index is 1340. The van der Waals surface area contributed by atoms with Crippen molar-refractivity contribution in [2.24, 2.45) is 0 Å². The molecule has 6 nitrogen and oxygen atoms in total. The smallest absolute Gasteiger partial charge is 0.260 e. The summed E-state index contributed by atoms with van der Waals surface area (Å²) in [6.07, 6.45) is 5.58. The van der Waals surface area contributed by atoms with Crippen LogP contribution in [0.25, 0.3) is 17.7 Å². The maximum absolute atomic E-state index is 12.7. The molecule has 1 fully saturated rings. The van der Waals surface area contributed by atoms with Crippen LogP contribution in [0.5, 0.6) is 0 Å². The highest BCUT2D eigenvalue weighted by molar-refractivity contribution is 6.31. The van der Waals surface area contributed by atoms with Gasteiger partial charge in [0.25, 0.3) is 11.8 Å². The van der Waals surface area contributed by atoms with Gasteiger partial charge in [-0.05, 0) is 66.7 Å². The Labute approximate surface area is 215 Å². The Morgan fingerprint density at radius 1 is 0.806 bits per heavy atom. The van der Waals surface area contributed by atoms with Crippen molar-refractivity contribution < 1.29 is 9.59 Å². The Kier molecular flexibility index (Phi) is 6.89. The Morgan fingerprint density at radius 2 is 1.47 bits per heavy atom. The molecule has 2 N–H and O–H groups in total. The van der Waals surface area contributed by atoms with Crippen LogP contribution in [0.2, 0.25) is 5.02 Å². The molecule has 0 aromatic heterocycles. The second kappa shape index (κ2) is 10.4. The quantitative estimate of drug-likeness (QED) is 0.295. The van der Waals surface area contributed by atoms with E-state index < -0.39 is 11.8 Å². The lowest BCUT2D eigenvalue weighted by molar-refractivity contribution is -0.114. The number of carbonyl (C=O) groups is 2. The summed E-state index contributed by atoms with van der Waals surface area (Å²) in [5.41, 5.74) is 5.42. The van der Waals surface area contributed by atoms with Gasteiger partial charge in [0.2, 0.25) is 0 Å².